The van der Waals surface area contributed by atoms with E-state index in [0.717, 1.165) is 68.6 Å². The van der Waals surface area contributed by atoms with Crippen molar-refractivity contribution in [3.05, 3.63) is 40.8 Å². The number of nitrogens with one attached hydrogen (secondary N) is 1. The Morgan fingerprint density at radius 1 is 1.14 bits per heavy atom. The molecule has 0 atom stereocenters. The zero-order valence-corrected chi connectivity index (χ0v) is 16.3. The molecule has 4 rings (SSSR count). The Balaban J connectivity index is 1.23. The van der Waals surface area contributed by atoms with Gasteiger partial charge < -0.3 is 19.7 Å². The monoisotopic (exact) mass is 385 g/mol. The molecule has 1 fully saturated rings. The number of nitrogens with zero attached hydrogens (tertiary/aromatic N) is 4. The smallest absolute Gasteiger partial charge is 0.268 e. The number of hydrogen-bond donors (Lipinski definition) is 1. The maximum absolute atomic E-state index is 11.6. The summed E-state index contributed by atoms with van der Waals surface area (Å²) in [6.45, 7) is 7.09. The molecule has 28 heavy (non-hydrogen) atoms. The SMILES string of the molecule is Cn1ncc(NCCCN2CCN(c3cccc4c3OCCO4)CC2)cc1=O. The van der Waals surface area contributed by atoms with E-state index >= 15 is 0 Å². The number of anilines is 2. The molecular weight excluding hydrogens is 358 g/mol. The lowest BCUT2D eigenvalue weighted by Gasteiger charge is -2.37. The molecule has 2 aromatic rings. The summed E-state index contributed by atoms with van der Waals surface area (Å²) >= 11 is 0. The van der Waals surface area contributed by atoms with Crippen LogP contribution in [0.5, 0.6) is 11.5 Å². The zero-order valence-electron chi connectivity index (χ0n) is 16.3. The van der Waals surface area contributed by atoms with Gasteiger partial charge in [-0.15, -0.1) is 0 Å². The Bertz CT molecular complexity index is 861. The van der Waals surface area contributed by atoms with E-state index in [-0.39, 0.29) is 5.56 Å². The summed E-state index contributed by atoms with van der Waals surface area (Å²) < 4.78 is 12.9. The summed E-state index contributed by atoms with van der Waals surface area (Å²) in [7, 11) is 1.65. The van der Waals surface area contributed by atoms with Gasteiger partial charge in [0.1, 0.15) is 13.2 Å². The van der Waals surface area contributed by atoms with E-state index in [1.807, 2.05) is 12.1 Å². The van der Waals surface area contributed by atoms with Gasteiger partial charge in [-0.25, -0.2) is 4.68 Å². The molecule has 1 aromatic heterocycles. The topological polar surface area (TPSA) is 71.9 Å². The Morgan fingerprint density at radius 2 is 1.96 bits per heavy atom. The van der Waals surface area contributed by atoms with Gasteiger partial charge in [0.2, 0.25) is 0 Å². The Labute approximate surface area is 164 Å². The van der Waals surface area contributed by atoms with E-state index in [9.17, 15) is 4.79 Å². The van der Waals surface area contributed by atoms with E-state index in [2.05, 4.69) is 26.3 Å². The summed E-state index contributed by atoms with van der Waals surface area (Å²) in [4.78, 5) is 16.5. The van der Waals surface area contributed by atoms with Crippen LogP contribution in [0.25, 0.3) is 0 Å². The number of rotatable bonds is 6. The lowest BCUT2D eigenvalue weighted by molar-refractivity contribution is 0.171. The van der Waals surface area contributed by atoms with Crippen LogP contribution in [0, 0.1) is 0 Å². The van der Waals surface area contributed by atoms with Crippen molar-refractivity contribution in [2.45, 2.75) is 6.42 Å². The third kappa shape index (κ3) is 4.22. The quantitative estimate of drug-likeness (QED) is 0.749. The first-order valence-corrected chi connectivity index (χ1v) is 9.84. The number of ether oxygens (including phenoxy) is 2. The van der Waals surface area contributed by atoms with Crippen molar-refractivity contribution in [3.8, 4) is 11.5 Å². The summed E-state index contributed by atoms with van der Waals surface area (Å²) in [6, 6.07) is 7.70. The maximum Gasteiger partial charge on any atom is 0.268 e. The van der Waals surface area contributed by atoms with E-state index in [1.54, 1.807) is 19.3 Å². The fraction of sp³-hybridized carbons (Fsp3) is 0.500. The molecule has 150 valence electrons. The predicted molar refractivity (Wildman–Crippen MR) is 109 cm³/mol. The van der Waals surface area contributed by atoms with Crippen LogP contribution in [0.3, 0.4) is 0 Å². The van der Waals surface area contributed by atoms with Crippen LogP contribution in [0.15, 0.2) is 35.3 Å². The molecule has 8 heteroatoms. The standard InChI is InChI=1S/C20H27N5O3/c1-23-19(26)14-16(15-22-23)21-6-3-7-24-8-10-25(11-9-24)17-4-2-5-18-20(17)28-13-12-27-18/h2,4-5,14-15,21H,3,6-13H2,1H3. The number of benzene rings is 1. The normalized spacial score (nSPS) is 16.8. The van der Waals surface area contributed by atoms with Crippen LogP contribution in [0.2, 0.25) is 0 Å². The minimum absolute atomic E-state index is 0.0985. The third-order valence-electron chi connectivity index (χ3n) is 5.21. The average molecular weight is 385 g/mol. The van der Waals surface area contributed by atoms with Gasteiger partial charge in [-0.3, -0.25) is 9.69 Å². The molecule has 0 unspecified atom stereocenters. The molecule has 1 N–H and O–H groups in total. The van der Waals surface area contributed by atoms with Crippen molar-refractivity contribution < 1.29 is 9.47 Å². The van der Waals surface area contributed by atoms with Crippen LogP contribution >= 0.6 is 0 Å². The molecule has 2 aliphatic heterocycles. The van der Waals surface area contributed by atoms with E-state index < -0.39 is 0 Å². The molecule has 3 heterocycles. The van der Waals surface area contributed by atoms with Crippen molar-refractivity contribution in [2.24, 2.45) is 7.05 Å². The predicted octanol–water partition coefficient (Wildman–Crippen LogP) is 1.18. The molecule has 0 amide bonds. The first-order chi connectivity index (χ1) is 13.7. The molecule has 1 saturated heterocycles. The van der Waals surface area contributed by atoms with Gasteiger partial charge in [-0.05, 0) is 25.1 Å². The molecule has 0 radical (unpaired) electrons. The summed E-state index contributed by atoms with van der Waals surface area (Å²) in [5.41, 5.74) is 1.82. The highest BCUT2D eigenvalue weighted by Crippen LogP contribution is 2.39. The van der Waals surface area contributed by atoms with Crippen LogP contribution < -0.4 is 25.2 Å². The average Bonchev–Trinajstić information content (AvgIpc) is 2.74. The van der Waals surface area contributed by atoms with Crippen molar-refractivity contribution in [1.29, 1.82) is 0 Å². The number of para-hydroxylation sites is 1. The van der Waals surface area contributed by atoms with Gasteiger partial charge in [0.05, 0.1) is 17.6 Å². The zero-order chi connectivity index (χ0) is 19.3. The minimum Gasteiger partial charge on any atom is -0.486 e. The highest BCUT2D eigenvalue weighted by Gasteiger charge is 2.23. The first-order valence-electron chi connectivity index (χ1n) is 9.84. The fourth-order valence-electron chi connectivity index (χ4n) is 3.62. The molecule has 0 saturated carbocycles. The van der Waals surface area contributed by atoms with Gasteiger partial charge in [-0.2, -0.15) is 5.10 Å². The van der Waals surface area contributed by atoms with Gasteiger partial charge in [0.25, 0.3) is 5.56 Å². The van der Waals surface area contributed by atoms with Crippen molar-refractivity contribution in [2.75, 3.05) is 62.7 Å². The van der Waals surface area contributed by atoms with Gasteiger partial charge in [-0.1, -0.05) is 6.07 Å². The number of piperazine rings is 1. The van der Waals surface area contributed by atoms with Gasteiger partial charge >= 0.3 is 0 Å². The summed E-state index contributed by atoms with van der Waals surface area (Å²) in [6.07, 6.45) is 2.71. The molecule has 0 aliphatic carbocycles. The highest BCUT2D eigenvalue weighted by molar-refractivity contribution is 5.65. The summed E-state index contributed by atoms with van der Waals surface area (Å²) in [5, 5.41) is 7.30. The molecule has 0 spiro atoms. The molecule has 2 aliphatic rings. The second-order valence-corrected chi connectivity index (χ2v) is 7.12. The maximum atomic E-state index is 11.6. The van der Waals surface area contributed by atoms with Gasteiger partial charge in [0, 0.05) is 45.8 Å². The number of hydrogen-bond acceptors (Lipinski definition) is 7. The largest absolute Gasteiger partial charge is 0.486 e. The molecule has 8 nitrogen and oxygen atoms in total. The van der Waals surface area contributed by atoms with Crippen molar-refractivity contribution in [1.82, 2.24) is 14.7 Å². The van der Waals surface area contributed by atoms with Crippen molar-refractivity contribution >= 4 is 11.4 Å². The van der Waals surface area contributed by atoms with E-state index in [4.69, 9.17) is 9.47 Å². The second kappa shape index (κ2) is 8.52. The highest BCUT2D eigenvalue weighted by atomic mass is 16.6. The lowest BCUT2D eigenvalue weighted by atomic mass is 10.2. The second-order valence-electron chi connectivity index (χ2n) is 7.12. The molecule has 1 aromatic carbocycles. The van der Waals surface area contributed by atoms with Crippen LogP contribution in [-0.2, 0) is 7.05 Å². The van der Waals surface area contributed by atoms with Crippen LogP contribution in [-0.4, -0.2) is 67.2 Å². The Hall–Kier alpha value is -2.74. The van der Waals surface area contributed by atoms with E-state index in [1.165, 1.54) is 4.68 Å². The van der Waals surface area contributed by atoms with Crippen LogP contribution in [0.1, 0.15) is 6.42 Å². The van der Waals surface area contributed by atoms with Gasteiger partial charge in [0.15, 0.2) is 11.5 Å². The van der Waals surface area contributed by atoms with E-state index in [0.29, 0.717) is 13.2 Å². The van der Waals surface area contributed by atoms with Crippen molar-refractivity contribution in [3.63, 3.8) is 0 Å². The Kier molecular flexibility index (Phi) is 5.66. The molecule has 0 bridgehead atoms. The number of fused-ring (bicyclic) bond motifs is 1. The lowest BCUT2D eigenvalue weighted by Crippen LogP contribution is -2.47. The molecular formula is C20H27N5O3. The first kappa shape index (κ1) is 18.6. The third-order valence-corrected chi connectivity index (χ3v) is 5.21. The fourth-order valence-corrected chi connectivity index (χ4v) is 3.62. The Morgan fingerprint density at radius 3 is 2.79 bits per heavy atom. The van der Waals surface area contributed by atoms with Crippen LogP contribution in [0.4, 0.5) is 11.4 Å². The minimum atomic E-state index is -0.0985. The number of aromatic nitrogens is 2. The summed E-state index contributed by atoms with van der Waals surface area (Å²) in [5.74, 6) is 1.73. The number of aryl methyl sites for hydroxylation is 1.